The van der Waals surface area contributed by atoms with Gasteiger partial charge in [0, 0.05) is 18.7 Å². The predicted octanol–water partition coefficient (Wildman–Crippen LogP) is 0.867. The van der Waals surface area contributed by atoms with Crippen molar-refractivity contribution in [1.82, 2.24) is 5.32 Å². The number of halogens is 1. The van der Waals surface area contributed by atoms with Gasteiger partial charge in [-0.25, -0.2) is 8.42 Å². The van der Waals surface area contributed by atoms with Gasteiger partial charge >= 0.3 is 0 Å². The summed E-state index contributed by atoms with van der Waals surface area (Å²) in [5, 5.41) is 3.05. The van der Waals surface area contributed by atoms with E-state index in [0.717, 1.165) is 32.1 Å². The summed E-state index contributed by atoms with van der Waals surface area (Å²) in [6.07, 6.45) is 6.46. The summed E-state index contributed by atoms with van der Waals surface area (Å²) < 4.78 is 22.7. The molecule has 0 spiro atoms. The molecule has 2 unspecified atom stereocenters. The smallest absolute Gasteiger partial charge is 0.220 e. The molecule has 20 heavy (non-hydrogen) atoms. The first kappa shape index (κ1) is 17.7. The largest absolute Gasteiger partial charge is 0.353 e. The van der Waals surface area contributed by atoms with Crippen molar-refractivity contribution in [3.05, 3.63) is 0 Å². The summed E-state index contributed by atoms with van der Waals surface area (Å²) in [5.74, 6) is 0.513. The van der Waals surface area contributed by atoms with E-state index in [1.807, 2.05) is 0 Å². The van der Waals surface area contributed by atoms with Crippen molar-refractivity contribution in [3.63, 3.8) is 0 Å². The Kier molecular flexibility index (Phi) is 5.87. The second-order valence-electron chi connectivity index (χ2n) is 6.35. The molecule has 2 aliphatic rings. The Labute approximate surface area is 127 Å². The first-order valence-corrected chi connectivity index (χ1v) is 9.07. The zero-order chi connectivity index (χ0) is 14.1. The summed E-state index contributed by atoms with van der Waals surface area (Å²) >= 11 is 0. The first-order chi connectivity index (χ1) is 8.84. The molecule has 7 heteroatoms. The molecule has 2 rings (SSSR count). The summed E-state index contributed by atoms with van der Waals surface area (Å²) in [7, 11) is -3.01. The highest BCUT2D eigenvalue weighted by Crippen LogP contribution is 2.49. The van der Waals surface area contributed by atoms with Crippen LogP contribution in [0.2, 0.25) is 0 Å². The van der Waals surface area contributed by atoms with Gasteiger partial charge in [0.05, 0.1) is 5.75 Å². The van der Waals surface area contributed by atoms with E-state index in [-0.39, 0.29) is 35.5 Å². The summed E-state index contributed by atoms with van der Waals surface area (Å²) in [4.78, 5) is 12.1. The van der Waals surface area contributed by atoms with Gasteiger partial charge in [-0.2, -0.15) is 0 Å². The van der Waals surface area contributed by atoms with Gasteiger partial charge < -0.3 is 11.1 Å². The third-order valence-corrected chi connectivity index (χ3v) is 5.51. The maximum Gasteiger partial charge on any atom is 0.220 e. The molecule has 0 aromatic carbocycles. The molecule has 0 radical (unpaired) electrons. The van der Waals surface area contributed by atoms with Crippen molar-refractivity contribution in [3.8, 4) is 0 Å². The average molecular weight is 325 g/mol. The van der Waals surface area contributed by atoms with Crippen LogP contribution in [0.15, 0.2) is 0 Å². The highest BCUT2D eigenvalue weighted by Gasteiger charge is 2.47. The molecular formula is C13H25ClN2O3S. The van der Waals surface area contributed by atoms with E-state index in [1.54, 1.807) is 0 Å². The van der Waals surface area contributed by atoms with Crippen molar-refractivity contribution < 1.29 is 13.2 Å². The second-order valence-corrected chi connectivity index (χ2v) is 8.49. The zero-order valence-corrected chi connectivity index (χ0v) is 13.6. The third kappa shape index (κ3) is 4.90. The standard InChI is InChI=1S/C13H24N2O3S.ClH/c1-19(17,18)9-13(5-6-13)7-12(16)15-11-4-2-3-10(11)8-14;/h10-11H,2-9,14H2,1H3,(H,15,16);1H. The van der Waals surface area contributed by atoms with Crippen LogP contribution in [0.5, 0.6) is 0 Å². The van der Waals surface area contributed by atoms with E-state index in [4.69, 9.17) is 5.73 Å². The number of sulfone groups is 1. The second kappa shape index (κ2) is 6.62. The van der Waals surface area contributed by atoms with E-state index in [9.17, 15) is 13.2 Å². The van der Waals surface area contributed by atoms with Crippen LogP contribution in [0, 0.1) is 11.3 Å². The van der Waals surface area contributed by atoms with Crippen molar-refractivity contribution in [2.75, 3.05) is 18.6 Å². The lowest BCUT2D eigenvalue weighted by Crippen LogP contribution is -2.41. The van der Waals surface area contributed by atoms with Crippen LogP contribution in [0.3, 0.4) is 0 Å². The molecule has 3 N–H and O–H groups in total. The van der Waals surface area contributed by atoms with Crippen LogP contribution in [0.1, 0.15) is 38.5 Å². The van der Waals surface area contributed by atoms with E-state index >= 15 is 0 Å². The maximum absolute atomic E-state index is 12.1. The Balaban J connectivity index is 0.00000200. The number of hydrogen-bond donors (Lipinski definition) is 2. The van der Waals surface area contributed by atoms with Gasteiger partial charge in [0.2, 0.25) is 5.91 Å². The molecule has 0 aromatic rings. The number of carbonyl (C=O) groups excluding carboxylic acids is 1. The zero-order valence-electron chi connectivity index (χ0n) is 11.9. The van der Waals surface area contributed by atoms with Crippen LogP contribution < -0.4 is 11.1 Å². The molecule has 2 aliphatic carbocycles. The summed E-state index contributed by atoms with van der Waals surface area (Å²) in [5.41, 5.74) is 5.41. The Morgan fingerprint density at radius 2 is 2.00 bits per heavy atom. The normalized spacial score (nSPS) is 27.7. The Morgan fingerprint density at radius 3 is 2.50 bits per heavy atom. The fraction of sp³-hybridized carbons (Fsp3) is 0.923. The topological polar surface area (TPSA) is 89.3 Å². The van der Waals surface area contributed by atoms with Gasteiger partial charge in [-0.05, 0) is 43.6 Å². The Hall–Kier alpha value is -0.330. The number of amides is 1. The molecule has 2 fully saturated rings. The molecule has 0 saturated heterocycles. The van der Waals surface area contributed by atoms with Crippen LogP contribution in [-0.2, 0) is 14.6 Å². The highest BCUT2D eigenvalue weighted by atomic mass is 35.5. The lowest BCUT2D eigenvalue weighted by Gasteiger charge is -2.21. The molecule has 1 amide bonds. The number of carbonyl (C=O) groups is 1. The molecule has 5 nitrogen and oxygen atoms in total. The van der Waals surface area contributed by atoms with Gasteiger partial charge in [0.1, 0.15) is 9.84 Å². The molecule has 0 aliphatic heterocycles. The summed E-state index contributed by atoms with van der Waals surface area (Å²) in [6.45, 7) is 0.611. The van der Waals surface area contributed by atoms with Gasteiger partial charge in [-0.15, -0.1) is 12.4 Å². The minimum absolute atomic E-state index is 0. The summed E-state index contributed by atoms with van der Waals surface area (Å²) in [6, 6.07) is 0.187. The molecule has 2 saturated carbocycles. The minimum Gasteiger partial charge on any atom is -0.353 e. The average Bonchev–Trinajstić information content (AvgIpc) is 2.86. The number of hydrogen-bond acceptors (Lipinski definition) is 4. The molecular weight excluding hydrogens is 300 g/mol. The van der Waals surface area contributed by atoms with Crippen LogP contribution in [0.25, 0.3) is 0 Å². The van der Waals surface area contributed by atoms with E-state index in [2.05, 4.69) is 5.32 Å². The van der Waals surface area contributed by atoms with Gasteiger partial charge in [-0.1, -0.05) is 6.42 Å². The molecule has 0 heterocycles. The molecule has 0 bridgehead atoms. The van der Waals surface area contributed by atoms with Crippen molar-refractivity contribution in [2.24, 2.45) is 17.1 Å². The molecule has 118 valence electrons. The SMILES string of the molecule is CS(=O)(=O)CC1(CC(=O)NC2CCCC2CN)CC1.Cl. The Morgan fingerprint density at radius 1 is 1.35 bits per heavy atom. The fourth-order valence-electron chi connectivity index (χ4n) is 3.21. The minimum atomic E-state index is -3.01. The van der Waals surface area contributed by atoms with E-state index < -0.39 is 9.84 Å². The predicted molar refractivity (Wildman–Crippen MR) is 81.6 cm³/mol. The van der Waals surface area contributed by atoms with Crippen LogP contribution in [0.4, 0.5) is 0 Å². The van der Waals surface area contributed by atoms with E-state index in [0.29, 0.717) is 18.9 Å². The van der Waals surface area contributed by atoms with E-state index in [1.165, 1.54) is 6.26 Å². The van der Waals surface area contributed by atoms with Crippen LogP contribution in [-0.4, -0.2) is 38.9 Å². The lowest BCUT2D eigenvalue weighted by atomic mass is 10.0. The lowest BCUT2D eigenvalue weighted by molar-refractivity contribution is -0.123. The van der Waals surface area contributed by atoms with Gasteiger partial charge in [0.15, 0.2) is 0 Å². The quantitative estimate of drug-likeness (QED) is 0.758. The van der Waals surface area contributed by atoms with Gasteiger partial charge in [0.25, 0.3) is 0 Å². The number of nitrogens with one attached hydrogen (secondary N) is 1. The van der Waals surface area contributed by atoms with Gasteiger partial charge in [-0.3, -0.25) is 4.79 Å². The Bertz CT molecular complexity index is 449. The maximum atomic E-state index is 12.1. The van der Waals surface area contributed by atoms with Crippen molar-refractivity contribution in [1.29, 1.82) is 0 Å². The fourth-order valence-corrected chi connectivity index (χ4v) is 4.72. The molecule has 0 aromatic heterocycles. The van der Waals surface area contributed by atoms with Crippen molar-refractivity contribution >= 4 is 28.2 Å². The number of rotatable bonds is 6. The highest BCUT2D eigenvalue weighted by molar-refractivity contribution is 7.90. The van der Waals surface area contributed by atoms with Crippen molar-refractivity contribution in [2.45, 2.75) is 44.6 Å². The monoisotopic (exact) mass is 324 g/mol. The van der Waals surface area contributed by atoms with Crippen LogP contribution >= 0.6 is 12.4 Å². The third-order valence-electron chi connectivity index (χ3n) is 4.37. The molecule has 2 atom stereocenters. The first-order valence-electron chi connectivity index (χ1n) is 7.01. The number of nitrogens with two attached hydrogens (primary N) is 1.